The smallest absolute Gasteiger partial charge is 0.231 e. The van der Waals surface area contributed by atoms with Gasteiger partial charge in [0.15, 0.2) is 17.3 Å². The van der Waals surface area contributed by atoms with E-state index in [4.69, 9.17) is 9.47 Å². The lowest BCUT2D eigenvalue weighted by atomic mass is 10.0. The molecule has 1 atom stereocenters. The summed E-state index contributed by atoms with van der Waals surface area (Å²) in [4.78, 5) is 21.0. The Morgan fingerprint density at radius 1 is 1.07 bits per heavy atom. The first kappa shape index (κ1) is 18.2. The van der Waals surface area contributed by atoms with Gasteiger partial charge in [-0.05, 0) is 30.7 Å². The summed E-state index contributed by atoms with van der Waals surface area (Å²) in [7, 11) is 0. The van der Waals surface area contributed by atoms with Gasteiger partial charge in [-0.25, -0.2) is 0 Å². The van der Waals surface area contributed by atoms with Crippen LogP contribution in [-0.2, 0) is 6.54 Å². The van der Waals surface area contributed by atoms with E-state index in [-0.39, 0.29) is 11.8 Å². The minimum absolute atomic E-state index is 0.123. The predicted molar refractivity (Wildman–Crippen MR) is 112 cm³/mol. The molecule has 1 unspecified atom stereocenters. The zero-order valence-corrected chi connectivity index (χ0v) is 16.6. The summed E-state index contributed by atoms with van der Waals surface area (Å²) >= 11 is 0. The largest absolute Gasteiger partial charge is 0.454 e. The topological polar surface area (TPSA) is 57.8 Å². The maximum atomic E-state index is 13.1. The van der Waals surface area contributed by atoms with Crippen LogP contribution >= 0.6 is 0 Å². The number of piperazine rings is 1. The van der Waals surface area contributed by atoms with E-state index in [0.29, 0.717) is 6.79 Å². The molecule has 3 heterocycles. The number of fused-ring (bicyclic) bond motifs is 2. The molecule has 1 fully saturated rings. The number of H-pyrrole nitrogens is 1. The molecule has 0 saturated carbocycles. The van der Waals surface area contributed by atoms with Crippen molar-refractivity contribution in [1.82, 2.24) is 14.8 Å². The number of benzene rings is 2. The van der Waals surface area contributed by atoms with Gasteiger partial charge in [0.1, 0.15) is 0 Å². The van der Waals surface area contributed by atoms with Crippen LogP contribution in [0, 0.1) is 0 Å². The minimum atomic E-state index is -0.123. The molecule has 0 aliphatic carbocycles. The summed E-state index contributed by atoms with van der Waals surface area (Å²) in [6, 6.07) is 14.0. The first-order valence-electron chi connectivity index (χ1n) is 10.1. The van der Waals surface area contributed by atoms with Gasteiger partial charge in [0.05, 0.1) is 6.04 Å². The Hall–Kier alpha value is -2.83. The van der Waals surface area contributed by atoms with Crippen molar-refractivity contribution in [2.45, 2.75) is 19.5 Å². The molecule has 3 aromatic rings. The number of ketones is 1. The fraction of sp³-hybridized carbons (Fsp3) is 0.348. The highest BCUT2D eigenvalue weighted by atomic mass is 16.7. The summed E-state index contributed by atoms with van der Waals surface area (Å²) in [5.74, 6) is 1.84. The number of Topliss-reactive ketones (excluding diaryl/α,β-unsaturated/α-hetero) is 1. The first-order valence-corrected chi connectivity index (χ1v) is 10.1. The van der Waals surface area contributed by atoms with Crippen molar-refractivity contribution >= 4 is 16.7 Å². The third-order valence-electron chi connectivity index (χ3n) is 6.03. The van der Waals surface area contributed by atoms with E-state index in [1.54, 1.807) is 0 Å². The van der Waals surface area contributed by atoms with E-state index in [0.717, 1.165) is 60.7 Å². The van der Waals surface area contributed by atoms with Gasteiger partial charge >= 0.3 is 0 Å². The average molecular weight is 391 g/mol. The molecular weight excluding hydrogens is 366 g/mol. The van der Waals surface area contributed by atoms with Gasteiger partial charge in [-0.3, -0.25) is 14.6 Å². The summed E-state index contributed by atoms with van der Waals surface area (Å²) < 4.78 is 10.9. The minimum Gasteiger partial charge on any atom is -0.454 e. The molecule has 0 spiro atoms. The Morgan fingerprint density at radius 3 is 2.72 bits per heavy atom. The van der Waals surface area contributed by atoms with Crippen LogP contribution in [0.3, 0.4) is 0 Å². The molecule has 6 nitrogen and oxygen atoms in total. The van der Waals surface area contributed by atoms with E-state index in [2.05, 4.69) is 26.9 Å². The van der Waals surface area contributed by atoms with Gasteiger partial charge in [-0.15, -0.1) is 0 Å². The number of ether oxygens (including phenoxy) is 2. The van der Waals surface area contributed by atoms with Gasteiger partial charge in [0.25, 0.3) is 0 Å². The van der Waals surface area contributed by atoms with Crippen molar-refractivity contribution in [1.29, 1.82) is 0 Å². The Morgan fingerprint density at radius 2 is 1.86 bits per heavy atom. The van der Waals surface area contributed by atoms with Crippen molar-refractivity contribution in [2.24, 2.45) is 0 Å². The van der Waals surface area contributed by atoms with Gasteiger partial charge in [0.2, 0.25) is 6.79 Å². The van der Waals surface area contributed by atoms with Gasteiger partial charge in [-0.1, -0.05) is 24.3 Å². The van der Waals surface area contributed by atoms with E-state index >= 15 is 0 Å². The van der Waals surface area contributed by atoms with Gasteiger partial charge in [0, 0.05) is 55.4 Å². The summed E-state index contributed by atoms with van der Waals surface area (Å²) in [5.41, 5.74) is 3.03. The zero-order valence-electron chi connectivity index (χ0n) is 16.6. The lowest BCUT2D eigenvalue weighted by Crippen LogP contribution is -2.51. The van der Waals surface area contributed by atoms with Gasteiger partial charge < -0.3 is 14.5 Å². The monoisotopic (exact) mass is 391 g/mol. The Bertz CT molecular complexity index is 1040. The first-order chi connectivity index (χ1) is 14.2. The van der Waals surface area contributed by atoms with Crippen LogP contribution in [0.1, 0.15) is 22.8 Å². The van der Waals surface area contributed by atoms with Crippen LogP contribution in [0.4, 0.5) is 0 Å². The lowest BCUT2D eigenvalue weighted by Gasteiger charge is -2.37. The molecule has 150 valence electrons. The second kappa shape index (κ2) is 7.54. The van der Waals surface area contributed by atoms with Crippen molar-refractivity contribution in [3.05, 3.63) is 59.8 Å². The number of aromatic nitrogens is 1. The highest BCUT2D eigenvalue weighted by Crippen LogP contribution is 2.33. The number of nitrogens with one attached hydrogen (secondary N) is 1. The Labute approximate surface area is 170 Å². The standard InChI is InChI=1S/C23H25N3O3/c1-16(23(27)19-13-24-20-5-3-2-4-18(19)20)26-10-8-25(9-11-26)14-17-6-7-21-22(12-17)29-15-28-21/h2-7,12-13,16,24H,8-11,14-15H2,1H3. The highest BCUT2D eigenvalue weighted by molar-refractivity contribution is 6.10. The molecule has 6 heteroatoms. The number of nitrogens with zero attached hydrogens (tertiary/aromatic N) is 2. The highest BCUT2D eigenvalue weighted by Gasteiger charge is 2.27. The number of carbonyl (C=O) groups excluding carboxylic acids is 1. The lowest BCUT2D eigenvalue weighted by molar-refractivity contribution is 0.0688. The quantitative estimate of drug-likeness (QED) is 0.677. The summed E-state index contributed by atoms with van der Waals surface area (Å²) in [6.45, 7) is 6.88. The normalized spacial score (nSPS) is 18.2. The van der Waals surface area contributed by atoms with Crippen molar-refractivity contribution in [3.63, 3.8) is 0 Å². The third kappa shape index (κ3) is 3.50. The number of hydrogen-bond donors (Lipinski definition) is 1. The number of carbonyl (C=O) groups is 1. The number of para-hydroxylation sites is 1. The van der Waals surface area contributed by atoms with Gasteiger partial charge in [-0.2, -0.15) is 0 Å². The fourth-order valence-corrected chi connectivity index (χ4v) is 4.27. The number of aromatic amines is 1. The maximum absolute atomic E-state index is 13.1. The van der Waals surface area contributed by atoms with Crippen LogP contribution in [0.25, 0.3) is 10.9 Å². The molecule has 1 N–H and O–H groups in total. The second-order valence-electron chi connectivity index (χ2n) is 7.79. The van der Waals surface area contributed by atoms with E-state index < -0.39 is 0 Å². The van der Waals surface area contributed by atoms with E-state index in [1.807, 2.05) is 43.5 Å². The fourth-order valence-electron chi connectivity index (χ4n) is 4.27. The molecule has 29 heavy (non-hydrogen) atoms. The summed E-state index contributed by atoms with van der Waals surface area (Å²) in [6.07, 6.45) is 1.85. The number of rotatable bonds is 5. The molecule has 0 bridgehead atoms. The van der Waals surface area contributed by atoms with Crippen LogP contribution < -0.4 is 9.47 Å². The van der Waals surface area contributed by atoms with Crippen LogP contribution in [-0.4, -0.2) is 59.6 Å². The van der Waals surface area contributed by atoms with E-state index in [9.17, 15) is 4.79 Å². The molecular formula is C23H25N3O3. The van der Waals surface area contributed by atoms with Crippen LogP contribution in [0.2, 0.25) is 0 Å². The zero-order chi connectivity index (χ0) is 19.8. The number of hydrogen-bond acceptors (Lipinski definition) is 5. The molecule has 2 aromatic carbocycles. The average Bonchev–Trinajstić information content (AvgIpc) is 3.40. The summed E-state index contributed by atoms with van der Waals surface area (Å²) in [5, 5.41) is 1.01. The predicted octanol–water partition coefficient (Wildman–Crippen LogP) is 3.29. The SMILES string of the molecule is CC(C(=O)c1c[nH]c2ccccc12)N1CCN(Cc2ccc3c(c2)OCO3)CC1. The molecule has 1 aromatic heterocycles. The molecule has 0 radical (unpaired) electrons. The van der Waals surface area contributed by atoms with Crippen molar-refractivity contribution in [3.8, 4) is 11.5 Å². The Balaban J connectivity index is 1.20. The molecule has 0 amide bonds. The maximum Gasteiger partial charge on any atom is 0.231 e. The molecule has 5 rings (SSSR count). The van der Waals surface area contributed by atoms with Crippen molar-refractivity contribution in [2.75, 3.05) is 33.0 Å². The van der Waals surface area contributed by atoms with E-state index in [1.165, 1.54) is 5.56 Å². The van der Waals surface area contributed by atoms with Crippen LogP contribution in [0.15, 0.2) is 48.7 Å². The second-order valence-corrected chi connectivity index (χ2v) is 7.79. The molecule has 2 aliphatic heterocycles. The Kier molecular flexibility index (Phi) is 4.73. The molecule has 2 aliphatic rings. The van der Waals surface area contributed by atoms with Crippen molar-refractivity contribution < 1.29 is 14.3 Å². The third-order valence-corrected chi connectivity index (χ3v) is 6.03. The molecule has 1 saturated heterocycles. The van der Waals surface area contributed by atoms with Crippen LogP contribution in [0.5, 0.6) is 11.5 Å².